The fourth-order valence-corrected chi connectivity index (χ4v) is 2.95. The summed E-state index contributed by atoms with van der Waals surface area (Å²) in [6, 6.07) is 8.25. The summed E-state index contributed by atoms with van der Waals surface area (Å²) < 4.78 is 0. The van der Waals surface area contributed by atoms with Crippen LogP contribution in [0.3, 0.4) is 0 Å². The standard InChI is InChI=1S/C15H20N2O/c1-15(7-4-8-15)17-14(18)13-10-16-9-11-5-2-3-6-12(11)13/h2-3,5-6,13,16H,4,7-10H2,1H3,(H,17,18). The van der Waals surface area contributed by atoms with Gasteiger partial charge in [-0.3, -0.25) is 4.79 Å². The van der Waals surface area contributed by atoms with Gasteiger partial charge in [-0.05, 0) is 37.3 Å². The molecule has 1 atom stereocenters. The maximum Gasteiger partial charge on any atom is 0.229 e. The number of fused-ring (bicyclic) bond motifs is 1. The molecule has 0 radical (unpaired) electrons. The van der Waals surface area contributed by atoms with Gasteiger partial charge in [-0.1, -0.05) is 24.3 Å². The van der Waals surface area contributed by atoms with Crippen molar-refractivity contribution in [2.75, 3.05) is 6.54 Å². The van der Waals surface area contributed by atoms with E-state index in [1.807, 2.05) is 12.1 Å². The van der Waals surface area contributed by atoms with Crippen molar-refractivity contribution >= 4 is 5.91 Å². The van der Waals surface area contributed by atoms with E-state index in [2.05, 4.69) is 29.7 Å². The van der Waals surface area contributed by atoms with Crippen molar-refractivity contribution in [3.63, 3.8) is 0 Å². The molecule has 1 aromatic carbocycles. The number of hydrogen-bond donors (Lipinski definition) is 2. The van der Waals surface area contributed by atoms with E-state index in [0.717, 1.165) is 25.9 Å². The summed E-state index contributed by atoms with van der Waals surface area (Å²) in [4.78, 5) is 12.4. The maximum absolute atomic E-state index is 12.4. The molecule has 1 heterocycles. The second kappa shape index (κ2) is 4.39. The molecule has 1 aliphatic carbocycles. The minimum Gasteiger partial charge on any atom is -0.350 e. The predicted molar refractivity (Wildman–Crippen MR) is 71.3 cm³/mol. The fourth-order valence-electron chi connectivity index (χ4n) is 2.95. The number of amides is 1. The molecule has 2 aliphatic rings. The summed E-state index contributed by atoms with van der Waals surface area (Å²) in [5, 5.41) is 6.56. The molecule has 0 saturated heterocycles. The first-order chi connectivity index (χ1) is 8.68. The topological polar surface area (TPSA) is 41.1 Å². The molecule has 3 heteroatoms. The molecule has 96 valence electrons. The highest BCUT2D eigenvalue weighted by molar-refractivity contribution is 5.85. The molecule has 1 fully saturated rings. The van der Waals surface area contributed by atoms with E-state index in [1.165, 1.54) is 17.5 Å². The van der Waals surface area contributed by atoms with Crippen molar-refractivity contribution in [2.24, 2.45) is 0 Å². The van der Waals surface area contributed by atoms with Crippen molar-refractivity contribution in [3.05, 3.63) is 35.4 Å². The Morgan fingerprint density at radius 1 is 1.39 bits per heavy atom. The van der Waals surface area contributed by atoms with E-state index in [1.54, 1.807) is 0 Å². The summed E-state index contributed by atoms with van der Waals surface area (Å²) in [5.41, 5.74) is 2.49. The number of carbonyl (C=O) groups excluding carboxylic acids is 1. The lowest BCUT2D eigenvalue weighted by Gasteiger charge is -2.40. The van der Waals surface area contributed by atoms with Gasteiger partial charge in [-0.15, -0.1) is 0 Å². The first-order valence-electron chi connectivity index (χ1n) is 6.78. The Hall–Kier alpha value is -1.35. The maximum atomic E-state index is 12.4. The van der Waals surface area contributed by atoms with Crippen LogP contribution in [0.25, 0.3) is 0 Å². The van der Waals surface area contributed by atoms with Gasteiger partial charge in [0.15, 0.2) is 0 Å². The Labute approximate surface area is 108 Å². The molecule has 1 aliphatic heterocycles. The van der Waals surface area contributed by atoms with Gasteiger partial charge in [-0.2, -0.15) is 0 Å². The molecule has 1 amide bonds. The second-order valence-electron chi connectivity index (χ2n) is 5.79. The Morgan fingerprint density at radius 2 is 2.17 bits per heavy atom. The molecule has 0 spiro atoms. The van der Waals surface area contributed by atoms with Crippen LogP contribution in [0.1, 0.15) is 43.2 Å². The zero-order valence-electron chi connectivity index (χ0n) is 10.8. The Balaban J connectivity index is 1.79. The largest absolute Gasteiger partial charge is 0.350 e. The third-order valence-electron chi connectivity index (χ3n) is 4.29. The SMILES string of the molecule is CC1(NC(=O)C2CNCc3ccccc32)CCC1. The summed E-state index contributed by atoms with van der Waals surface area (Å²) in [5.74, 6) is 0.143. The van der Waals surface area contributed by atoms with Crippen LogP contribution in [0.5, 0.6) is 0 Å². The minimum atomic E-state index is -0.0348. The molecule has 3 nitrogen and oxygen atoms in total. The quantitative estimate of drug-likeness (QED) is 0.834. The van der Waals surface area contributed by atoms with Gasteiger partial charge < -0.3 is 10.6 Å². The van der Waals surface area contributed by atoms with E-state index in [4.69, 9.17) is 0 Å². The molecular formula is C15H20N2O. The second-order valence-corrected chi connectivity index (χ2v) is 5.79. The Morgan fingerprint density at radius 3 is 2.89 bits per heavy atom. The normalized spacial score (nSPS) is 24.8. The van der Waals surface area contributed by atoms with Crippen LogP contribution in [0.2, 0.25) is 0 Å². The number of rotatable bonds is 2. The summed E-state index contributed by atoms with van der Waals surface area (Å²) in [6.07, 6.45) is 3.46. The van der Waals surface area contributed by atoms with Gasteiger partial charge in [0.25, 0.3) is 0 Å². The lowest BCUT2D eigenvalue weighted by molar-refractivity contribution is -0.125. The first kappa shape index (κ1) is 11.7. The van der Waals surface area contributed by atoms with Gasteiger partial charge in [0, 0.05) is 18.6 Å². The predicted octanol–water partition coefficient (Wildman–Crippen LogP) is 1.93. The van der Waals surface area contributed by atoms with Crippen LogP contribution in [0.4, 0.5) is 0 Å². The molecule has 0 bridgehead atoms. The molecule has 1 aromatic rings. The summed E-state index contributed by atoms with van der Waals surface area (Å²) in [6.45, 7) is 3.77. The molecule has 1 unspecified atom stereocenters. The van der Waals surface area contributed by atoms with Crippen LogP contribution in [-0.2, 0) is 11.3 Å². The summed E-state index contributed by atoms with van der Waals surface area (Å²) >= 11 is 0. The Kier molecular flexibility index (Phi) is 2.86. The van der Waals surface area contributed by atoms with Crippen molar-refractivity contribution in [1.82, 2.24) is 10.6 Å². The molecule has 18 heavy (non-hydrogen) atoms. The number of hydrogen-bond acceptors (Lipinski definition) is 2. The van der Waals surface area contributed by atoms with E-state index in [0.29, 0.717) is 0 Å². The van der Waals surface area contributed by atoms with Gasteiger partial charge in [0.05, 0.1) is 5.92 Å². The van der Waals surface area contributed by atoms with Gasteiger partial charge in [0.1, 0.15) is 0 Å². The average Bonchev–Trinajstić information content (AvgIpc) is 2.36. The lowest BCUT2D eigenvalue weighted by atomic mass is 9.78. The summed E-state index contributed by atoms with van der Waals surface area (Å²) in [7, 11) is 0. The number of nitrogens with one attached hydrogen (secondary N) is 2. The van der Waals surface area contributed by atoms with E-state index >= 15 is 0 Å². The van der Waals surface area contributed by atoms with Crippen LogP contribution in [0.15, 0.2) is 24.3 Å². The van der Waals surface area contributed by atoms with Gasteiger partial charge in [0.2, 0.25) is 5.91 Å². The molecule has 0 aromatic heterocycles. The highest BCUT2D eigenvalue weighted by atomic mass is 16.2. The van der Waals surface area contributed by atoms with Crippen LogP contribution >= 0.6 is 0 Å². The fraction of sp³-hybridized carbons (Fsp3) is 0.533. The van der Waals surface area contributed by atoms with Crippen molar-refractivity contribution in [2.45, 2.75) is 44.2 Å². The third kappa shape index (κ3) is 2.03. The smallest absolute Gasteiger partial charge is 0.229 e. The molecule has 1 saturated carbocycles. The molecular weight excluding hydrogens is 224 g/mol. The monoisotopic (exact) mass is 244 g/mol. The van der Waals surface area contributed by atoms with Crippen molar-refractivity contribution in [3.8, 4) is 0 Å². The van der Waals surface area contributed by atoms with E-state index in [-0.39, 0.29) is 17.4 Å². The number of benzene rings is 1. The molecule has 3 rings (SSSR count). The lowest BCUT2D eigenvalue weighted by Crippen LogP contribution is -2.53. The minimum absolute atomic E-state index is 0.0348. The Bertz CT molecular complexity index is 465. The molecule has 2 N–H and O–H groups in total. The average molecular weight is 244 g/mol. The van der Waals surface area contributed by atoms with Crippen molar-refractivity contribution < 1.29 is 4.79 Å². The third-order valence-corrected chi connectivity index (χ3v) is 4.29. The van der Waals surface area contributed by atoms with Crippen LogP contribution < -0.4 is 10.6 Å². The van der Waals surface area contributed by atoms with Crippen molar-refractivity contribution in [1.29, 1.82) is 0 Å². The number of carbonyl (C=O) groups is 1. The van der Waals surface area contributed by atoms with Crippen LogP contribution in [-0.4, -0.2) is 18.0 Å². The van der Waals surface area contributed by atoms with Gasteiger partial charge >= 0.3 is 0 Å². The highest BCUT2D eigenvalue weighted by Crippen LogP contribution is 2.32. The van der Waals surface area contributed by atoms with Crippen LogP contribution in [0, 0.1) is 0 Å². The first-order valence-corrected chi connectivity index (χ1v) is 6.78. The van der Waals surface area contributed by atoms with E-state index in [9.17, 15) is 4.79 Å². The zero-order valence-corrected chi connectivity index (χ0v) is 10.8. The zero-order chi connectivity index (χ0) is 12.6. The van der Waals surface area contributed by atoms with Gasteiger partial charge in [-0.25, -0.2) is 0 Å². The highest BCUT2D eigenvalue weighted by Gasteiger charge is 2.36. The van der Waals surface area contributed by atoms with E-state index < -0.39 is 0 Å².